The first-order chi connectivity index (χ1) is 5.08. The van der Waals surface area contributed by atoms with Gasteiger partial charge in [0.2, 0.25) is 8.32 Å². The van der Waals surface area contributed by atoms with Gasteiger partial charge in [-0.3, -0.25) is 0 Å². The summed E-state index contributed by atoms with van der Waals surface area (Å²) in [6.45, 7) is 8.69. The second-order valence-corrected chi connectivity index (χ2v) is 8.27. The highest BCUT2D eigenvalue weighted by Crippen LogP contribution is 2.14. The van der Waals surface area contributed by atoms with Gasteiger partial charge in [-0.15, -0.1) is 0 Å². The van der Waals surface area contributed by atoms with Gasteiger partial charge in [-0.1, -0.05) is 0 Å². The average molecular weight is 171 g/mol. The lowest BCUT2D eigenvalue weighted by atomic mass is 10.3. The summed E-state index contributed by atoms with van der Waals surface area (Å²) in [4.78, 5) is 0. The molecule has 11 heavy (non-hydrogen) atoms. The Bertz CT molecular complexity index is 160. The molecule has 0 aromatic heterocycles. The Kier molecular flexibility index (Phi) is 2.73. The lowest BCUT2D eigenvalue weighted by Gasteiger charge is -2.24. The zero-order valence-electron chi connectivity index (χ0n) is 7.61. The van der Waals surface area contributed by atoms with E-state index in [1.54, 1.807) is 0 Å². The van der Waals surface area contributed by atoms with E-state index in [9.17, 15) is 0 Å². The van der Waals surface area contributed by atoms with Crippen molar-refractivity contribution < 1.29 is 4.43 Å². The average Bonchev–Trinajstić information content (AvgIpc) is 1.85. The molecule has 0 amide bonds. The van der Waals surface area contributed by atoms with Crippen molar-refractivity contribution in [1.29, 1.82) is 0 Å². The maximum atomic E-state index is 5.84. The van der Waals surface area contributed by atoms with Crippen molar-refractivity contribution in [2.45, 2.75) is 26.1 Å². The van der Waals surface area contributed by atoms with Gasteiger partial charge in [-0.05, 0) is 25.7 Å². The van der Waals surface area contributed by atoms with Crippen LogP contribution in [0.5, 0.6) is 0 Å². The Morgan fingerprint density at radius 3 is 2.64 bits per heavy atom. The second-order valence-electron chi connectivity index (χ2n) is 3.84. The van der Waals surface area contributed by atoms with Crippen LogP contribution in [0.4, 0.5) is 0 Å². The van der Waals surface area contributed by atoms with Gasteiger partial charge in [0.1, 0.15) is 0 Å². The molecule has 0 saturated carbocycles. The van der Waals surface area contributed by atoms with E-state index in [2.05, 4.69) is 31.0 Å². The monoisotopic (exact) mass is 171 g/mol. The van der Waals surface area contributed by atoms with Gasteiger partial charge in [-0.25, -0.2) is 0 Å². The quantitative estimate of drug-likeness (QED) is 0.639. The van der Waals surface area contributed by atoms with Crippen LogP contribution < -0.4 is 5.32 Å². The van der Waals surface area contributed by atoms with Gasteiger partial charge in [0, 0.05) is 19.5 Å². The molecule has 1 aliphatic heterocycles. The standard InChI is InChI=1S/C8H17NOSi/c1-11(2,3)10-8-4-6-9-7-5-8/h4,9H,5-7H2,1-3H3. The summed E-state index contributed by atoms with van der Waals surface area (Å²) < 4.78 is 5.84. The first-order valence-corrected chi connectivity index (χ1v) is 7.57. The molecule has 0 spiro atoms. The third-order valence-corrected chi connectivity index (χ3v) is 2.33. The Balaban J connectivity index is 2.42. The molecule has 0 aromatic carbocycles. The zero-order valence-corrected chi connectivity index (χ0v) is 8.61. The maximum absolute atomic E-state index is 5.84. The zero-order chi connectivity index (χ0) is 8.32. The molecule has 0 fully saturated rings. The van der Waals surface area contributed by atoms with Crippen LogP contribution in [-0.2, 0) is 4.43 Å². The van der Waals surface area contributed by atoms with E-state index in [-0.39, 0.29) is 0 Å². The van der Waals surface area contributed by atoms with Crippen molar-refractivity contribution in [3.63, 3.8) is 0 Å². The molecule has 0 saturated heterocycles. The third kappa shape index (κ3) is 3.58. The number of nitrogens with one attached hydrogen (secondary N) is 1. The Morgan fingerprint density at radius 1 is 1.45 bits per heavy atom. The van der Waals surface area contributed by atoms with E-state index >= 15 is 0 Å². The van der Waals surface area contributed by atoms with Gasteiger partial charge < -0.3 is 9.74 Å². The Labute approximate surface area is 69.8 Å². The molecule has 1 N–H and O–H groups in total. The van der Waals surface area contributed by atoms with Crippen molar-refractivity contribution in [2.24, 2.45) is 0 Å². The normalized spacial score (nSPS) is 19.4. The van der Waals surface area contributed by atoms with Gasteiger partial charge in [0.05, 0.1) is 5.76 Å². The largest absolute Gasteiger partial charge is 0.547 e. The molecule has 2 nitrogen and oxygen atoms in total. The maximum Gasteiger partial charge on any atom is 0.241 e. The van der Waals surface area contributed by atoms with E-state index in [0.717, 1.165) is 19.5 Å². The number of hydrogen-bond donors (Lipinski definition) is 1. The van der Waals surface area contributed by atoms with Gasteiger partial charge >= 0.3 is 0 Å². The van der Waals surface area contributed by atoms with Crippen LogP contribution in [0.15, 0.2) is 11.8 Å². The van der Waals surface area contributed by atoms with E-state index in [4.69, 9.17) is 4.43 Å². The molecular weight excluding hydrogens is 154 g/mol. The first-order valence-electron chi connectivity index (χ1n) is 4.17. The molecule has 0 aliphatic carbocycles. The fraction of sp³-hybridized carbons (Fsp3) is 0.750. The lowest BCUT2D eigenvalue weighted by Crippen LogP contribution is -2.29. The summed E-state index contributed by atoms with van der Waals surface area (Å²) in [5.41, 5.74) is 0. The van der Waals surface area contributed by atoms with Crippen LogP contribution in [-0.4, -0.2) is 21.4 Å². The molecule has 0 radical (unpaired) electrons. The topological polar surface area (TPSA) is 21.3 Å². The molecular formula is C8H17NOSi. The Morgan fingerprint density at radius 2 is 2.18 bits per heavy atom. The van der Waals surface area contributed by atoms with Gasteiger partial charge in [0.15, 0.2) is 0 Å². The van der Waals surface area contributed by atoms with Gasteiger partial charge in [0.25, 0.3) is 0 Å². The van der Waals surface area contributed by atoms with Crippen LogP contribution in [0.25, 0.3) is 0 Å². The van der Waals surface area contributed by atoms with Crippen molar-refractivity contribution in [1.82, 2.24) is 5.32 Å². The third-order valence-electron chi connectivity index (χ3n) is 1.46. The molecule has 1 aliphatic rings. The molecule has 0 unspecified atom stereocenters. The summed E-state index contributed by atoms with van der Waals surface area (Å²) >= 11 is 0. The van der Waals surface area contributed by atoms with E-state index < -0.39 is 8.32 Å². The minimum atomic E-state index is -1.34. The summed E-state index contributed by atoms with van der Waals surface area (Å²) in [6.07, 6.45) is 3.21. The molecule has 64 valence electrons. The molecule has 0 atom stereocenters. The highest BCUT2D eigenvalue weighted by Gasteiger charge is 2.17. The molecule has 1 heterocycles. The molecule has 1 rings (SSSR count). The minimum Gasteiger partial charge on any atom is -0.547 e. The van der Waals surface area contributed by atoms with Crippen LogP contribution in [0.3, 0.4) is 0 Å². The minimum absolute atomic E-state index is 0.972. The van der Waals surface area contributed by atoms with Crippen molar-refractivity contribution in [2.75, 3.05) is 13.1 Å². The molecule has 0 aromatic rings. The van der Waals surface area contributed by atoms with Crippen LogP contribution in [0.2, 0.25) is 19.6 Å². The highest BCUT2D eigenvalue weighted by molar-refractivity contribution is 6.70. The lowest BCUT2D eigenvalue weighted by molar-refractivity contribution is 0.384. The van der Waals surface area contributed by atoms with E-state index in [1.165, 1.54) is 5.76 Å². The van der Waals surface area contributed by atoms with E-state index in [1.807, 2.05) is 0 Å². The van der Waals surface area contributed by atoms with Crippen LogP contribution in [0, 0.1) is 0 Å². The summed E-state index contributed by atoms with van der Waals surface area (Å²) in [5.74, 6) is 1.20. The molecule has 3 heteroatoms. The smallest absolute Gasteiger partial charge is 0.241 e. The van der Waals surface area contributed by atoms with Crippen molar-refractivity contribution in [3.8, 4) is 0 Å². The van der Waals surface area contributed by atoms with Gasteiger partial charge in [-0.2, -0.15) is 0 Å². The van der Waals surface area contributed by atoms with Crippen molar-refractivity contribution in [3.05, 3.63) is 11.8 Å². The highest BCUT2D eigenvalue weighted by atomic mass is 28.4. The van der Waals surface area contributed by atoms with Crippen LogP contribution >= 0.6 is 0 Å². The summed E-state index contributed by atoms with van der Waals surface area (Å²) in [7, 11) is -1.34. The predicted octanol–water partition coefficient (Wildman–Crippen LogP) is 1.72. The predicted molar refractivity (Wildman–Crippen MR) is 50.0 cm³/mol. The SMILES string of the molecule is C[Si](C)(C)OC1=CCNCC1. The Hall–Kier alpha value is -0.283. The number of hydrogen-bond acceptors (Lipinski definition) is 2. The molecule has 0 bridgehead atoms. The van der Waals surface area contributed by atoms with E-state index in [0.29, 0.717) is 0 Å². The van der Waals surface area contributed by atoms with Crippen molar-refractivity contribution >= 4 is 8.32 Å². The fourth-order valence-electron chi connectivity index (χ4n) is 1.09. The number of rotatable bonds is 2. The second kappa shape index (κ2) is 3.41. The van der Waals surface area contributed by atoms with Crippen LogP contribution in [0.1, 0.15) is 6.42 Å². The first kappa shape index (κ1) is 8.81. The summed E-state index contributed by atoms with van der Waals surface area (Å²) in [5, 5.41) is 3.26. The summed E-state index contributed by atoms with van der Waals surface area (Å²) in [6, 6.07) is 0. The fourth-order valence-corrected chi connectivity index (χ4v) is 2.06.